The maximum absolute atomic E-state index is 4.46. The molecule has 1 heterocycles. The minimum Gasteiger partial charge on any atom is -0.314 e. The topological polar surface area (TPSA) is 29.9 Å². The Bertz CT molecular complexity index is 514. The highest BCUT2D eigenvalue weighted by Crippen LogP contribution is 2.23. The third-order valence-electron chi connectivity index (χ3n) is 3.77. The van der Waals surface area contributed by atoms with Gasteiger partial charge in [-0.15, -0.1) is 0 Å². The van der Waals surface area contributed by atoms with Crippen LogP contribution in [-0.4, -0.2) is 22.4 Å². The normalized spacial score (nSPS) is 16.5. The Morgan fingerprint density at radius 2 is 2.05 bits per heavy atom. The van der Waals surface area contributed by atoms with E-state index in [9.17, 15) is 0 Å². The van der Waals surface area contributed by atoms with Gasteiger partial charge in [-0.05, 0) is 49.9 Å². The minimum atomic E-state index is 0.522. The summed E-state index contributed by atoms with van der Waals surface area (Å²) >= 11 is 0. The molecule has 1 N–H and O–H groups in total. The van der Waals surface area contributed by atoms with Gasteiger partial charge < -0.3 is 5.32 Å². The van der Waals surface area contributed by atoms with E-state index < -0.39 is 0 Å². The monoisotopic (exact) mass is 255 g/mol. The lowest BCUT2D eigenvalue weighted by Crippen LogP contribution is -2.19. The molecule has 0 spiro atoms. The molecule has 1 fully saturated rings. The fraction of sp³-hybridized carbons (Fsp3) is 0.438. The van der Waals surface area contributed by atoms with Crippen LogP contribution in [-0.2, 0) is 0 Å². The molecule has 3 rings (SSSR count). The van der Waals surface area contributed by atoms with Crippen LogP contribution >= 0.6 is 0 Å². The van der Waals surface area contributed by atoms with Gasteiger partial charge in [0.25, 0.3) is 0 Å². The van der Waals surface area contributed by atoms with Crippen molar-refractivity contribution < 1.29 is 0 Å². The van der Waals surface area contributed by atoms with Gasteiger partial charge in [0, 0.05) is 17.9 Å². The average Bonchev–Trinajstić information content (AvgIpc) is 3.13. The third-order valence-corrected chi connectivity index (χ3v) is 3.77. The largest absolute Gasteiger partial charge is 0.314 e. The second kappa shape index (κ2) is 5.57. The van der Waals surface area contributed by atoms with Gasteiger partial charge in [0.15, 0.2) is 0 Å². The number of hydrogen-bond acceptors (Lipinski definition) is 2. The van der Waals surface area contributed by atoms with Gasteiger partial charge in [0.2, 0.25) is 0 Å². The molecule has 19 heavy (non-hydrogen) atoms. The van der Waals surface area contributed by atoms with Crippen molar-refractivity contribution in [3.8, 4) is 5.69 Å². The van der Waals surface area contributed by atoms with Crippen LogP contribution in [0.5, 0.6) is 0 Å². The fourth-order valence-electron chi connectivity index (χ4n) is 2.41. The summed E-state index contributed by atoms with van der Waals surface area (Å²) in [6.07, 6.45) is 5.77. The SMILES string of the molecule is CC(CCNC1CC1)c1ccnn1-c1ccccc1. The van der Waals surface area contributed by atoms with E-state index in [0.717, 1.165) is 24.7 Å². The number of nitrogens with zero attached hydrogens (tertiary/aromatic N) is 2. The van der Waals surface area contributed by atoms with E-state index in [0.29, 0.717) is 5.92 Å². The van der Waals surface area contributed by atoms with Gasteiger partial charge in [-0.25, -0.2) is 4.68 Å². The Morgan fingerprint density at radius 3 is 2.79 bits per heavy atom. The smallest absolute Gasteiger partial charge is 0.0648 e. The number of para-hydroxylation sites is 1. The van der Waals surface area contributed by atoms with E-state index >= 15 is 0 Å². The molecule has 0 aliphatic heterocycles. The summed E-state index contributed by atoms with van der Waals surface area (Å²) in [6.45, 7) is 3.39. The molecular formula is C16H21N3. The fourth-order valence-corrected chi connectivity index (χ4v) is 2.41. The summed E-state index contributed by atoms with van der Waals surface area (Å²) in [6, 6.07) is 13.3. The molecule has 3 heteroatoms. The predicted molar refractivity (Wildman–Crippen MR) is 77.6 cm³/mol. The van der Waals surface area contributed by atoms with Crippen molar-refractivity contribution in [2.75, 3.05) is 6.54 Å². The Balaban J connectivity index is 1.68. The quantitative estimate of drug-likeness (QED) is 0.859. The number of nitrogens with one attached hydrogen (secondary N) is 1. The maximum Gasteiger partial charge on any atom is 0.0648 e. The van der Waals surface area contributed by atoms with E-state index in [4.69, 9.17) is 0 Å². The average molecular weight is 255 g/mol. The van der Waals surface area contributed by atoms with Crippen molar-refractivity contribution >= 4 is 0 Å². The molecule has 0 amide bonds. The number of hydrogen-bond donors (Lipinski definition) is 1. The Labute approximate surface area is 114 Å². The Morgan fingerprint density at radius 1 is 1.26 bits per heavy atom. The van der Waals surface area contributed by atoms with Crippen LogP contribution in [0, 0.1) is 0 Å². The number of rotatable bonds is 6. The van der Waals surface area contributed by atoms with E-state index in [1.807, 2.05) is 12.3 Å². The van der Waals surface area contributed by atoms with Crippen LogP contribution in [0.4, 0.5) is 0 Å². The van der Waals surface area contributed by atoms with Gasteiger partial charge in [-0.1, -0.05) is 25.1 Å². The van der Waals surface area contributed by atoms with E-state index in [1.54, 1.807) is 0 Å². The molecular weight excluding hydrogens is 234 g/mol. The zero-order valence-corrected chi connectivity index (χ0v) is 11.4. The molecule has 100 valence electrons. The molecule has 1 saturated carbocycles. The Hall–Kier alpha value is -1.61. The van der Waals surface area contributed by atoms with Crippen molar-refractivity contribution in [3.63, 3.8) is 0 Å². The van der Waals surface area contributed by atoms with E-state index in [-0.39, 0.29) is 0 Å². The molecule has 1 atom stereocenters. The highest BCUT2D eigenvalue weighted by molar-refractivity contribution is 5.33. The Kier molecular flexibility index (Phi) is 3.65. The van der Waals surface area contributed by atoms with Crippen molar-refractivity contribution in [1.82, 2.24) is 15.1 Å². The van der Waals surface area contributed by atoms with Crippen molar-refractivity contribution in [3.05, 3.63) is 48.3 Å². The number of aromatic nitrogens is 2. The van der Waals surface area contributed by atoms with Crippen molar-refractivity contribution in [2.45, 2.75) is 38.1 Å². The first-order chi connectivity index (χ1) is 9.34. The summed E-state index contributed by atoms with van der Waals surface area (Å²) in [5.41, 5.74) is 2.44. The summed E-state index contributed by atoms with van der Waals surface area (Å²) in [5, 5.41) is 8.04. The first kappa shape index (κ1) is 12.4. The van der Waals surface area contributed by atoms with E-state index in [1.165, 1.54) is 18.5 Å². The molecule has 1 unspecified atom stereocenters. The standard InChI is InChI=1S/C16H21N3/c1-13(9-11-17-14-7-8-14)16-10-12-18-19(16)15-5-3-2-4-6-15/h2-6,10,12-14,17H,7-9,11H2,1H3. The van der Waals surface area contributed by atoms with Crippen molar-refractivity contribution in [1.29, 1.82) is 0 Å². The van der Waals surface area contributed by atoms with Gasteiger partial charge in [0.1, 0.15) is 0 Å². The second-order valence-corrected chi connectivity index (χ2v) is 5.42. The van der Waals surface area contributed by atoms with Crippen molar-refractivity contribution in [2.24, 2.45) is 0 Å². The summed E-state index contributed by atoms with van der Waals surface area (Å²) in [4.78, 5) is 0. The van der Waals surface area contributed by atoms with Crippen LogP contribution in [0.3, 0.4) is 0 Å². The molecule has 0 radical (unpaired) electrons. The second-order valence-electron chi connectivity index (χ2n) is 5.42. The predicted octanol–water partition coefficient (Wildman–Crippen LogP) is 3.12. The van der Waals surface area contributed by atoms with E-state index in [2.05, 4.69) is 52.4 Å². The van der Waals surface area contributed by atoms with Crippen LogP contribution in [0.15, 0.2) is 42.6 Å². The molecule has 1 aromatic carbocycles. The zero-order chi connectivity index (χ0) is 13.1. The van der Waals surface area contributed by atoms with Crippen LogP contribution < -0.4 is 5.32 Å². The van der Waals surface area contributed by atoms with Gasteiger partial charge in [0.05, 0.1) is 5.69 Å². The first-order valence-electron chi connectivity index (χ1n) is 7.17. The summed E-state index contributed by atoms with van der Waals surface area (Å²) < 4.78 is 2.06. The lowest BCUT2D eigenvalue weighted by molar-refractivity contribution is 0.571. The highest BCUT2D eigenvalue weighted by Gasteiger charge is 2.20. The molecule has 2 aromatic rings. The maximum atomic E-state index is 4.46. The van der Waals surface area contributed by atoms with Gasteiger partial charge >= 0.3 is 0 Å². The lowest BCUT2D eigenvalue weighted by Gasteiger charge is -2.14. The van der Waals surface area contributed by atoms with Crippen LogP contribution in [0.2, 0.25) is 0 Å². The first-order valence-corrected chi connectivity index (χ1v) is 7.17. The van der Waals surface area contributed by atoms with Gasteiger partial charge in [-0.3, -0.25) is 0 Å². The molecule has 1 aliphatic carbocycles. The minimum absolute atomic E-state index is 0.522. The van der Waals surface area contributed by atoms with Crippen LogP contribution in [0.25, 0.3) is 5.69 Å². The van der Waals surface area contributed by atoms with Gasteiger partial charge in [-0.2, -0.15) is 5.10 Å². The summed E-state index contributed by atoms with van der Waals surface area (Å²) in [5.74, 6) is 0.522. The zero-order valence-electron chi connectivity index (χ0n) is 11.4. The lowest BCUT2D eigenvalue weighted by atomic mass is 10.0. The molecule has 1 aromatic heterocycles. The summed E-state index contributed by atoms with van der Waals surface area (Å²) in [7, 11) is 0. The molecule has 3 nitrogen and oxygen atoms in total. The molecule has 0 saturated heterocycles. The number of benzene rings is 1. The van der Waals surface area contributed by atoms with Crippen LogP contribution in [0.1, 0.15) is 37.8 Å². The molecule has 0 bridgehead atoms. The molecule has 1 aliphatic rings. The highest BCUT2D eigenvalue weighted by atomic mass is 15.3. The third kappa shape index (κ3) is 3.04.